The van der Waals surface area contributed by atoms with Gasteiger partial charge in [0.05, 0.1) is 6.61 Å². The van der Waals surface area contributed by atoms with Crippen molar-refractivity contribution in [1.29, 1.82) is 0 Å². The van der Waals surface area contributed by atoms with Gasteiger partial charge in [-0.2, -0.15) is 4.98 Å². The van der Waals surface area contributed by atoms with E-state index in [2.05, 4.69) is 37.4 Å². The Hall–Kier alpha value is -4.61. The van der Waals surface area contributed by atoms with Gasteiger partial charge < -0.3 is 29.9 Å². The number of hydrogen-bond acceptors (Lipinski definition) is 8. The number of aromatic nitrogens is 2. The Labute approximate surface area is 255 Å². The van der Waals surface area contributed by atoms with Crippen LogP contribution in [0.15, 0.2) is 66.9 Å². The van der Waals surface area contributed by atoms with Gasteiger partial charge in [-0.15, -0.1) is 0 Å². The largest absolute Gasteiger partial charge is 0.490 e. The molecule has 9 nitrogen and oxygen atoms in total. The Morgan fingerprint density at radius 2 is 1.70 bits per heavy atom. The first-order valence-corrected chi connectivity index (χ1v) is 14.5. The van der Waals surface area contributed by atoms with Crippen LogP contribution in [0.2, 0.25) is 0 Å². The quantitative estimate of drug-likeness (QED) is 0.197. The monoisotopic (exact) mass is 602 g/mol. The highest BCUT2D eigenvalue weighted by Crippen LogP contribution is 2.29. The Morgan fingerprint density at radius 1 is 0.977 bits per heavy atom. The van der Waals surface area contributed by atoms with Gasteiger partial charge in [0, 0.05) is 56.4 Å². The molecule has 0 aliphatic carbocycles. The predicted octanol–water partition coefficient (Wildman–Crippen LogP) is 6.18. The standard InChI is InChI=1S/C33H36F2N6O3/c1-22-6-4-7-23(2)30(22)38-31(42)27-21-36-33(39-32(27)44-26-11-8-24(34)9-12-26)37-25-10-13-29(28(35)20-25)43-19-5-14-41-17-15-40(3)16-18-41/h4,6-13,20-21H,5,14-19H2,1-3H3,(H,38,42)(H,36,37,39). The van der Waals surface area contributed by atoms with Crippen LogP contribution in [0.3, 0.4) is 0 Å². The van der Waals surface area contributed by atoms with E-state index < -0.39 is 17.5 Å². The molecular formula is C33H36F2N6O3. The van der Waals surface area contributed by atoms with Crippen molar-refractivity contribution in [3.8, 4) is 17.4 Å². The molecule has 0 unspecified atom stereocenters. The van der Waals surface area contributed by atoms with Crippen molar-refractivity contribution < 1.29 is 23.0 Å². The van der Waals surface area contributed by atoms with E-state index in [4.69, 9.17) is 9.47 Å². The first kappa shape index (κ1) is 30.8. The summed E-state index contributed by atoms with van der Waals surface area (Å²) in [5.74, 6) is -0.983. The highest BCUT2D eigenvalue weighted by atomic mass is 19.1. The summed E-state index contributed by atoms with van der Waals surface area (Å²) in [6.07, 6.45) is 2.13. The van der Waals surface area contributed by atoms with Crippen molar-refractivity contribution in [2.75, 3.05) is 57.0 Å². The molecule has 0 radical (unpaired) electrons. The summed E-state index contributed by atoms with van der Waals surface area (Å²) in [5, 5.41) is 5.86. The fraction of sp³-hybridized carbons (Fsp3) is 0.303. The van der Waals surface area contributed by atoms with Crippen molar-refractivity contribution in [2.24, 2.45) is 0 Å². The van der Waals surface area contributed by atoms with E-state index >= 15 is 0 Å². The first-order chi connectivity index (χ1) is 21.2. The van der Waals surface area contributed by atoms with Crippen LogP contribution in [0, 0.1) is 25.5 Å². The Kier molecular flexibility index (Phi) is 9.98. The molecule has 1 aliphatic heterocycles. The average Bonchev–Trinajstić information content (AvgIpc) is 3.00. The summed E-state index contributed by atoms with van der Waals surface area (Å²) in [6, 6.07) is 15.5. The maximum Gasteiger partial charge on any atom is 0.262 e. The molecule has 1 aliphatic rings. The van der Waals surface area contributed by atoms with Gasteiger partial charge in [0.1, 0.15) is 17.1 Å². The van der Waals surface area contributed by atoms with Gasteiger partial charge in [-0.25, -0.2) is 13.8 Å². The fourth-order valence-electron chi connectivity index (χ4n) is 4.83. The molecule has 2 N–H and O–H groups in total. The number of likely N-dealkylation sites (N-methyl/N-ethyl adjacent to an activating group) is 1. The number of benzene rings is 3. The molecule has 1 fully saturated rings. The van der Waals surface area contributed by atoms with Crippen molar-refractivity contribution in [3.63, 3.8) is 0 Å². The molecule has 3 aromatic carbocycles. The number of para-hydroxylation sites is 1. The number of rotatable bonds is 11. The molecule has 1 amide bonds. The van der Waals surface area contributed by atoms with Gasteiger partial charge in [-0.05, 0) is 74.8 Å². The van der Waals surface area contributed by atoms with E-state index in [0.29, 0.717) is 18.0 Å². The molecule has 1 aromatic heterocycles. The number of aryl methyl sites for hydroxylation is 2. The predicted molar refractivity (Wildman–Crippen MR) is 166 cm³/mol. The van der Waals surface area contributed by atoms with Crippen molar-refractivity contribution in [1.82, 2.24) is 19.8 Å². The Balaban J connectivity index is 1.28. The molecule has 44 heavy (non-hydrogen) atoms. The lowest BCUT2D eigenvalue weighted by Crippen LogP contribution is -2.44. The summed E-state index contributed by atoms with van der Waals surface area (Å²) in [7, 11) is 2.12. The summed E-state index contributed by atoms with van der Waals surface area (Å²) in [6.45, 7) is 9.28. The average molecular weight is 603 g/mol. The summed E-state index contributed by atoms with van der Waals surface area (Å²) in [5.41, 5.74) is 2.90. The number of ether oxygens (including phenoxy) is 2. The van der Waals surface area contributed by atoms with E-state index in [9.17, 15) is 13.6 Å². The van der Waals surface area contributed by atoms with Crippen LogP contribution in [0.5, 0.6) is 17.4 Å². The molecule has 0 atom stereocenters. The summed E-state index contributed by atoms with van der Waals surface area (Å²) < 4.78 is 40.0. The third-order valence-electron chi connectivity index (χ3n) is 7.41. The topological polar surface area (TPSA) is 91.8 Å². The zero-order chi connectivity index (χ0) is 31.1. The number of halogens is 2. The van der Waals surface area contributed by atoms with Crippen molar-refractivity contribution >= 4 is 23.2 Å². The molecule has 230 valence electrons. The van der Waals surface area contributed by atoms with Gasteiger partial charge >= 0.3 is 0 Å². The Morgan fingerprint density at radius 3 is 2.41 bits per heavy atom. The van der Waals surface area contributed by atoms with Gasteiger partial charge in [-0.3, -0.25) is 4.79 Å². The molecule has 11 heteroatoms. The second kappa shape index (κ2) is 14.2. The normalized spacial score (nSPS) is 13.8. The molecule has 0 spiro atoms. The van der Waals surface area contributed by atoms with Crippen LogP contribution < -0.4 is 20.1 Å². The maximum atomic E-state index is 14.9. The number of carbonyl (C=O) groups is 1. The number of nitrogens with one attached hydrogen (secondary N) is 2. The SMILES string of the molecule is Cc1cccc(C)c1NC(=O)c1cnc(Nc2ccc(OCCCN3CCN(C)CC3)c(F)c2)nc1Oc1ccc(F)cc1. The van der Waals surface area contributed by atoms with E-state index in [0.717, 1.165) is 50.3 Å². The number of piperazine rings is 1. The van der Waals surface area contributed by atoms with Gasteiger partial charge in [0.2, 0.25) is 11.8 Å². The number of hydrogen-bond donors (Lipinski definition) is 2. The molecule has 4 aromatic rings. The van der Waals surface area contributed by atoms with Crippen LogP contribution in [-0.2, 0) is 0 Å². The van der Waals surface area contributed by atoms with Crippen molar-refractivity contribution in [3.05, 3.63) is 95.2 Å². The fourth-order valence-corrected chi connectivity index (χ4v) is 4.83. The van der Waals surface area contributed by atoms with Crippen LogP contribution in [0.1, 0.15) is 27.9 Å². The van der Waals surface area contributed by atoms with Crippen molar-refractivity contribution in [2.45, 2.75) is 20.3 Å². The molecule has 0 saturated carbocycles. The Bertz CT molecular complexity index is 1570. The van der Waals surface area contributed by atoms with E-state index in [1.54, 1.807) is 12.1 Å². The second-order valence-electron chi connectivity index (χ2n) is 10.8. The first-order valence-electron chi connectivity index (χ1n) is 14.5. The third-order valence-corrected chi connectivity index (χ3v) is 7.41. The molecule has 2 heterocycles. The minimum Gasteiger partial charge on any atom is -0.490 e. The highest BCUT2D eigenvalue weighted by molar-refractivity contribution is 6.06. The molecule has 5 rings (SSSR count). The number of nitrogens with zero attached hydrogens (tertiary/aromatic N) is 4. The summed E-state index contributed by atoms with van der Waals surface area (Å²) in [4.78, 5) is 26.7. The van der Waals surface area contributed by atoms with E-state index in [-0.39, 0.29) is 28.9 Å². The number of anilines is 3. The number of carbonyl (C=O) groups excluding carboxylic acids is 1. The van der Waals surface area contributed by atoms with Gasteiger partial charge in [0.15, 0.2) is 11.6 Å². The van der Waals surface area contributed by atoms with Gasteiger partial charge in [-0.1, -0.05) is 18.2 Å². The highest BCUT2D eigenvalue weighted by Gasteiger charge is 2.20. The molecular weight excluding hydrogens is 566 g/mol. The van der Waals surface area contributed by atoms with Gasteiger partial charge in [0.25, 0.3) is 5.91 Å². The molecule has 0 bridgehead atoms. The minimum absolute atomic E-state index is 0.0568. The van der Waals surface area contributed by atoms with E-state index in [1.165, 1.54) is 36.5 Å². The maximum absolute atomic E-state index is 14.9. The zero-order valence-corrected chi connectivity index (χ0v) is 25.1. The lowest BCUT2D eigenvalue weighted by atomic mass is 10.1. The van der Waals surface area contributed by atoms with Crippen LogP contribution >= 0.6 is 0 Å². The third kappa shape index (κ3) is 8.06. The lowest BCUT2D eigenvalue weighted by Gasteiger charge is -2.32. The minimum atomic E-state index is -0.526. The van der Waals surface area contributed by atoms with Crippen LogP contribution in [0.4, 0.5) is 26.1 Å². The zero-order valence-electron chi connectivity index (χ0n) is 25.1. The second-order valence-corrected chi connectivity index (χ2v) is 10.8. The van der Waals surface area contributed by atoms with Crippen LogP contribution in [0.25, 0.3) is 0 Å². The smallest absolute Gasteiger partial charge is 0.262 e. The molecule has 1 saturated heterocycles. The summed E-state index contributed by atoms with van der Waals surface area (Å²) >= 11 is 0. The number of amides is 1. The van der Waals surface area contributed by atoms with Crippen LogP contribution in [-0.4, -0.2) is 72.1 Å². The lowest BCUT2D eigenvalue weighted by molar-refractivity contribution is 0.102. The van der Waals surface area contributed by atoms with E-state index in [1.807, 2.05) is 32.0 Å².